The van der Waals surface area contributed by atoms with Crippen LogP contribution in [0.1, 0.15) is 5.56 Å². The van der Waals surface area contributed by atoms with E-state index in [0.717, 1.165) is 6.26 Å². The van der Waals surface area contributed by atoms with E-state index in [1.807, 2.05) is 6.07 Å². The number of ether oxygens (including phenoxy) is 3. The number of carbonyl (C=O) groups is 1. The summed E-state index contributed by atoms with van der Waals surface area (Å²) in [6, 6.07) is 9.99. The molecule has 0 saturated heterocycles. The summed E-state index contributed by atoms with van der Waals surface area (Å²) >= 11 is 5.80. The van der Waals surface area contributed by atoms with Gasteiger partial charge in [-0.05, 0) is 6.07 Å². The van der Waals surface area contributed by atoms with Crippen molar-refractivity contribution in [2.75, 3.05) is 13.7 Å². The van der Waals surface area contributed by atoms with Gasteiger partial charge in [0.05, 0.1) is 13.4 Å². The molecule has 0 N–H and O–H groups in total. The Bertz CT molecular complexity index is 802. The van der Waals surface area contributed by atoms with Gasteiger partial charge in [-0.2, -0.15) is 5.26 Å². The average molecular weight is 346 g/mol. The molecule has 0 atom stereocenters. The van der Waals surface area contributed by atoms with Crippen molar-refractivity contribution in [3.05, 3.63) is 53.6 Å². The maximum absolute atomic E-state index is 12.0. The third-order valence-electron chi connectivity index (χ3n) is 2.75. The van der Waals surface area contributed by atoms with Crippen LogP contribution in [0.5, 0.6) is 11.6 Å². The molecule has 0 amide bonds. The lowest BCUT2D eigenvalue weighted by molar-refractivity contribution is -0.133. The molecule has 0 aliphatic heterocycles. The molecule has 1 heterocycles. The summed E-state index contributed by atoms with van der Waals surface area (Å²) in [5.41, 5.74) is 0.514. The molecular formula is C16H12ClN3O4. The molecule has 1 aromatic heterocycles. The number of aromatic nitrogens is 2. The Morgan fingerprint density at radius 1 is 1.38 bits per heavy atom. The summed E-state index contributed by atoms with van der Waals surface area (Å²) in [6.45, 7) is -0.203. The van der Waals surface area contributed by atoms with Gasteiger partial charge in [-0.15, -0.1) is 0 Å². The van der Waals surface area contributed by atoms with Crippen LogP contribution in [0.2, 0.25) is 5.15 Å². The molecule has 0 saturated carbocycles. The fraction of sp³-hybridized carbons (Fsp3) is 0.125. The van der Waals surface area contributed by atoms with E-state index in [2.05, 4.69) is 9.97 Å². The largest absolute Gasteiger partial charge is 0.485 e. The number of hydrogen-bond acceptors (Lipinski definition) is 7. The smallest absolute Gasteiger partial charge is 0.341 e. The minimum atomic E-state index is -0.635. The lowest BCUT2D eigenvalue weighted by Crippen LogP contribution is -2.06. The molecule has 1 aromatic carbocycles. The van der Waals surface area contributed by atoms with Gasteiger partial charge in [0, 0.05) is 11.6 Å². The van der Waals surface area contributed by atoms with Crippen molar-refractivity contribution in [1.29, 1.82) is 5.26 Å². The maximum Gasteiger partial charge on any atom is 0.341 e. The number of carbonyl (C=O) groups excluding carboxylic acids is 1. The van der Waals surface area contributed by atoms with Gasteiger partial charge >= 0.3 is 5.97 Å². The van der Waals surface area contributed by atoms with Crippen LogP contribution in [0.25, 0.3) is 5.57 Å². The summed E-state index contributed by atoms with van der Waals surface area (Å²) in [7, 11) is 1.24. The van der Waals surface area contributed by atoms with Gasteiger partial charge in [-0.1, -0.05) is 29.8 Å². The summed E-state index contributed by atoms with van der Waals surface area (Å²) in [6.07, 6.45) is 2.41. The lowest BCUT2D eigenvalue weighted by Gasteiger charge is -2.12. The van der Waals surface area contributed by atoms with Crippen LogP contribution in [0.4, 0.5) is 0 Å². The number of para-hydroxylation sites is 1. The van der Waals surface area contributed by atoms with Crippen molar-refractivity contribution < 1.29 is 19.0 Å². The van der Waals surface area contributed by atoms with Crippen molar-refractivity contribution in [3.8, 4) is 17.7 Å². The molecule has 0 fully saturated rings. The molecule has 2 aromatic rings. The maximum atomic E-state index is 12.0. The van der Waals surface area contributed by atoms with Gasteiger partial charge in [0.15, 0.2) is 6.61 Å². The Kier molecular flexibility index (Phi) is 6.11. The van der Waals surface area contributed by atoms with Gasteiger partial charge in [-0.3, -0.25) is 0 Å². The number of nitrogens with zero attached hydrogens (tertiary/aromatic N) is 3. The first-order chi connectivity index (χ1) is 11.7. The van der Waals surface area contributed by atoms with Crippen LogP contribution in [-0.4, -0.2) is 29.7 Å². The second kappa shape index (κ2) is 8.50. The van der Waals surface area contributed by atoms with E-state index in [1.165, 1.54) is 19.5 Å². The van der Waals surface area contributed by atoms with Crippen molar-refractivity contribution in [2.24, 2.45) is 0 Å². The molecule has 0 bridgehead atoms. The van der Waals surface area contributed by atoms with Gasteiger partial charge < -0.3 is 14.2 Å². The third kappa shape index (κ3) is 4.44. The summed E-state index contributed by atoms with van der Waals surface area (Å²) in [5.74, 6) is -0.0845. The zero-order chi connectivity index (χ0) is 17.4. The molecule has 0 aliphatic rings. The van der Waals surface area contributed by atoms with Crippen molar-refractivity contribution in [1.82, 2.24) is 9.97 Å². The Balaban J connectivity index is 2.39. The van der Waals surface area contributed by atoms with Gasteiger partial charge in [0.2, 0.25) is 5.88 Å². The first-order valence-corrected chi connectivity index (χ1v) is 7.05. The van der Waals surface area contributed by atoms with Crippen LogP contribution in [0, 0.1) is 11.3 Å². The topological polar surface area (TPSA) is 94.3 Å². The van der Waals surface area contributed by atoms with Gasteiger partial charge in [-0.25, -0.2) is 14.8 Å². The van der Waals surface area contributed by atoms with Crippen LogP contribution in [0.3, 0.4) is 0 Å². The molecule has 0 aliphatic carbocycles. The number of esters is 1. The summed E-state index contributed by atoms with van der Waals surface area (Å²) < 4.78 is 15.4. The minimum absolute atomic E-state index is 0.100. The van der Waals surface area contributed by atoms with E-state index >= 15 is 0 Å². The highest BCUT2D eigenvalue weighted by Crippen LogP contribution is 2.30. The number of hydrogen-bond donors (Lipinski definition) is 0. The molecule has 24 heavy (non-hydrogen) atoms. The zero-order valence-electron chi connectivity index (χ0n) is 12.6. The van der Waals surface area contributed by atoms with Crippen LogP contribution in [-0.2, 0) is 14.3 Å². The van der Waals surface area contributed by atoms with Crippen molar-refractivity contribution in [2.45, 2.75) is 0 Å². The number of nitriles is 1. The van der Waals surface area contributed by atoms with Gasteiger partial charge in [0.1, 0.15) is 28.9 Å². The first kappa shape index (κ1) is 17.2. The second-order valence-corrected chi connectivity index (χ2v) is 4.66. The summed E-state index contributed by atoms with van der Waals surface area (Å²) in [5, 5.41) is 8.77. The predicted molar refractivity (Wildman–Crippen MR) is 85.1 cm³/mol. The highest BCUT2D eigenvalue weighted by Gasteiger charge is 2.18. The van der Waals surface area contributed by atoms with E-state index in [4.69, 9.17) is 31.1 Å². The first-order valence-electron chi connectivity index (χ1n) is 6.67. The van der Waals surface area contributed by atoms with Crippen LogP contribution < -0.4 is 4.74 Å². The molecule has 0 spiro atoms. The average Bonchev–Trinajstić information content (AvgIpc) is 2.59. The van der Waals surface area contributed by atoms with Crippen LogP contribution in [0.15, 0.2) is 42.9 Å². The fourth-order valence-electron chi connectivity index (χ4n) is 1.76. The Morgan fingerprint density at radius 3 is 2.88 bits per heavy atom. The van der Waals surface area contributed by atoms with Crippen LogP contribution >= 0.6 is 11.6 Å². The molecule has 8 heteroatoms. The van der Waals surface area contributed by atoms with E-state index < -0.39 is 5.97 Å². The number of halogens is 1. The minimum Gasteiger partial charge on any atom is -0.485 e. The molecular weight excluding hydrogens is 334 g/mol. The van der Waals surface area contributed by atoms with E-state index in [9.17, 15) is 4.79 Å². The number of methoxy groups -OCH3 is 1. The van der Waals surface area contributed by atoms with Crippen molar-refractivity contribution >= 4 is 23.1 Å². The predicted octanol–water partition coefficient (Wildman–Crippen LogP) is 2.98. The standard InChI is InChI=1S/C16H12ClN3O4/c1-22-16(21)12(9-23-7-6-18)11-4-2-3-5-13(11)24-15-8-14(17)19-10-20-15/h2-5,8-10H,7H2,1H3. The highest BCUT2D eigenvalue weighted by molar-refractivity contribution is 6.29. The lowest BCUT2D eigenvalue weighted by atomic mass is 10.1. The quantitative estimate of drug-likeness (QED) is 0.261. The van der Waals surface area contributed by atoms with E-state index in [1.54, 1.807) is 24.3 Å². The highest BCUT2D eigenvalue weighted by atomic mass is 35.5. The number of benzene rings is 1. The molecule has 122 valence electrons. The molecule has 0 radical (unpaired) electrons. The number of rotatable bonds is 6. The SMILES string of the molecule is COC(=O)C(=COCC#N)c1ccccc1Oc1cc(Cl)ncn1. The zero-order valence-corrected chi connectivity index (χ0v) is 13.4. The molecule has 0 unspecified atom stereocenters. The Morgan fingerprint density at radius 2 is 2.17 bits per heavy atom. The fourth-order valence-corrected chi connectivity index (χ4v) is 1.89. The van der Waals surface area contributed by atoms with E-state index in [0.29, 0.717) is 11.3 Å². The summed E-state index contributed by atoms with van der Waals surface area (Å²) in [4.78, 5) is 19.7. The Hall–Kier alpha value is -3.11. The second-order valence-electron chi connectivity index (χ2n) is 4.27. The Labute approximate surface area is 143 Å². The normalized spacial score (nSPS) is 10.6. The molecule has 2 rings (SSSR count). The molecule has 7 nitrogen and oxygen atoms in total. The van der Waals surface area contributed by atoms with Gasteiger partial charge in [0.25, 0.3) is 0 Å². The third-order valence-corrected chi connectivity index (χ3v) is 2.96. The van der Waals surface area contributed by atoms with Crippen molar-refractivity contribution in [3.63, 3.8) is 0 Å². The monoisotopic (exact) mass is 345 g/mol. The van der Waals surface area contributed by atoms with E-state index in [-0.39, 0.29) is 23.2 Å².